The Hall–Kier alpha value is -1.12. The summed E-state index contributed by atoms with van der Waals surface area (Å²) in [5, 5.41) is 9.56. The topological polar surface area (TPSA) is 29.5 Å². The van der Waals surface area contributed by atoms with Crippen molar-refractivity contribution >= 4 is 0 Å². The van der Waals surface area contributed by atoms with Crippen LogP contribution in [0.1, 0.15) is 126 Å². The molecule has 2 heteroatoms. The van der Waals surface area contributed by atoms with Crippen molar-refractivity contribution in [3.63, 3.8) is 0 Å². The summed E-state index contributed by atoms with van der Waals surface area (Å²) in [6, 6.07) is 0. The van der Waals surface area contributed by atoms with Crippen LogP contribution < -0.4 is 0 Å². The minimum atomic E-state index is 0.239. The predicted octanol–water partition coefficient (Wildman–Crippen LogP) is 10.00. The van der Waals surface area contributed by atoms with Gasteiger partial charge in [0.15, 0.2) is 0 Å². The Morgan fingerprint density at radius 3 is 2.05 bits per heavy atom. The van der Waals surface area contributed by atoms with E-state index in [1.807, 2.05) is 0 Å². The first-order valence-electron chi connectivity index (χ1n) is 15.7. The zero-order chi connectivity index (χ0) is 27.4. The first-order chi connectivity index (χ1) is 17.8. The van der Waals surface area contributed by atoms with Gasteiger partial charge in [-0.15, -0.1) is 0 Å². The number of hydrogen-bond donors (Lipinski definition) is 1. The summed E-state index contributed by atoms with van der Waals surface area (Å²) >= 11 is 0. The summed E-state index contributed by atoms with van der Waals surface area (Å²) in [7, 11) is 1.73. The highest BCUT2D eigenvalue weighted by Gasteiger charge is 2.23. The van der Waals surface area contributed by atoms with Crippen LogP contribution >= 0.6 is 0 Å². The van der Waals surface area contributed by atoms with Crippen molar-refractivity contribution in [3.05, 3.63) is 45.6 Å². The molecule has 37 heavy (non-hydrogen) atoms. The van der Waals surface area contributed by atoms with Crippen molar-refractivity contribution in [3.8, 4) is 0 Å². The van der Waals surface area contributed by atoms with E-state index >= 15 is 0 Å². The van der Waals surface area contributed by atoms with E-state index in [0.29, 0.717) is 18.4 Å². The fourth-order valence-corrected chi connectivity index (χ4v) is 6.64. The van der Waals surface area contributed by atoms with Crippen LogP contribution in [0.2, 0.25) is 0 Å². The second-order valence-electron chi connectivity index (χ2n) is 12.4. The van der Waals surface area contributed by atoms with Gasteiger partial charge in [-0.1, -0.05) is 84.6 Å². The summed E-state index contributed by atoms with van der Waals surface area (Å²) < 4.78 is 5.26. The maximum atomic E-state index is 9.56. The molecule has 0 bridgehead atoms. The van der Waals surface area contributed by atoms with Crippen LogP contribution in [0.5, 0.6) is 0 Å². The average Bonchev–Trinajstić information content (AvgIpc) is 2.93. The van der Waals surface area contributed by atoms with Gasteiger partial charge >= 0.3 is 0 Å². The molecule has 0 aromatic rings. The zero-order valence-electron chi connectivity index (χ0n) is 25.8. The van der Waals surface area contributed by atoms with Crippen LogP contribution in [0.15, 0.2) is 45.6 Å². The molecule has 0 aliphatic heterocycles. The number of aliphatic hydroxyl groups excluding tert-OH is 1. The minimum Gasteiger partial charge on any atom is -0.396 e. The van der Waals surface area contributed by atoms with E-state index < -0.39 is 0 Å². The molecule has 2 aliphatic carbocycles. The van der Waals surface area contributed by atoms with Crippen LogP contribution in [0.3, 0.4) is 0 Å². The molecule has 2 aliphatic rings. The Labute approximate surface area is 230 Å². The molecule has 0 fully saturated rings. The quantitative estimate of drug-likeness (QED) is 0.210. The molecular formula is C35H60O2. The molecule has 0 heterocycles. The summed E-state index contributed by atoms with van der Waals surface area (Å²) in [4.78, 5) is 0. The fourth-order valence-electron chi connectivity index (χ4n) is 6.64. The van der Waals surface area contributed by atoms with Gasteiger partial charge in [0.2, 0.25) is 0 Å². The Kier molecular flexibility index (Phi) is 14.5. The molecule has 0 radical (unpaired) electrons. The van der Waals surface area contributed by atoms with Gasteiger partial charge in [-0.2, -0.15) is 0 Å². The highest BCUT2D eigenvalue weighted by molar-refractivity contribution is 5.49. The van der Waals surface area contributed by atoms with Gasteiger partial charge in [0.25, 0.3) is 0 Å². The van der Waals surface area contributed by atoms with Crippen LogP contribution in [0, 0.1) is 29.6 Å². The maximum absolute atomic E-state index is 9.56. The van der Waals surface area contributed by atoms with Crippen molar-refractivity contribution in [2.24, 2.45) is 29.6 Å². The van der Waals surface area contributed by atoms with E-state index in [4.69, 9.17) is 4.74 Å². The molecular weight excluding hydrogens is 452 g/mol. The molecule has 0 amide bonds. The number of methoxy groups -OCH3 is 1. The largest absolute Gasteiger partial charge is 0.396 e. The number of allylic oxidation sites excluding steroid dienone is 8. The molecule has 5 unspecified atom stereocenters. The van der Waals surface area contributed by atoms with E-state index in [1.165, 1.54) is 64.2 Å². The molecule has 212 valence electrons. The third kappa shape index (κ3) is 9.85. The second kappa shape index (κ2) is 16.8. The van der Waals surface area contributed by atoms with Crippen molar-refractivity contribution < 1.29 is 9.84 Å². The van der Waals surface area contributed by atoms with Crippen LogP contribution in [0.4, 0.5) is 0 Å². The fraction of sp³-hybridized carbons (Fsp3) is 0.771. The predicted molar refractivity (Wildman–Crippen MR) is 162 cm³/mol. The van der Waals surface area contributed by atoms with Crippen molar-refractivity contribution in [2.45, 2.75) is 126 Å². The van der Waals surface area contributed by atoms with Crippen LogP contribution in [-0.2, 0) is 4.74 Å². The van der Waals surface area contributed by atoms with Gasteiger partial charge in [-0.3, -0.25) is 0 Å². The van der Waals surface area contributed by atoms with Gasteiger partial charge in [0.1, 0.15) is 0 Å². The lowest BCUT2D eigenvalue weighted by Gasteiger charge is -2.29. The smallest absolute Gasteiger partial charge is 0.0512 e. The second-order valence-corrected chi connectivity index (χ2v) is 12.4. The van der Waals surface area contributed by atoms with E-state index in [-0.39, 0.29) is 12.5 Å². The molecule has 2 nitrogen and oxygen atoms in total. The molecule has 2 rings (SSSR count). The van der Waals surface area contributed by atoms with Gasteiger partial charge < -0.3 is 9.84 Å². The lowest BCUT2D eigenvalue weighted by Crippen LogP contribution is -2.17. The van der Waals surface area contributed by atoms with Crippen molar-refractivity contribution in [2.75, 3.05) is 20.3 Å². The molecule has 0 spiro atoms. The Bertz CT molecular complexity index is 811. The number of hydrogen-bond acceptors (Lipinski definition) is 2. The van der Waals surface area contributed by atoms with Crippen LogP contribution in [-0.4, -0.2) is 25.4 Å². The third-order valence-corrected chi connectivity index (χ3v) is 9.66. The molecule has 5 atom stereocenters. The zero-order valence-corrected chi connectivity index (χ0v) is 25.8. The Balaban J connectivity index is 1.91. The summed E-state index contributed by atoms with van der Waals surface area (Å²) in [6.45, 7) is 17.6. The summed E-state index contributed by atoms with van der Waals surface area (Å²) in [5.41, 5.74) is 9.90. The summed E-state index contributed by atoms with van der Waals surface area (Å²) in [5.74, 6) is 3.15. The first-order valence-corrected chi connectivity index (χ1v) is 15.7. The maximum Gasteiger partial charge on any atom is 0.0512 e. The third-order valence-electron chi connectivity index (χ3n) is 9.66. The van der Waals surface area contributed by atoms with Gasteiger partial charge in [0, 0.05) is 19.6 Å². The van der Waals surface area contributed by atoms with E-state index in [0.717, 1.165) is 24.7 Å². The minimum absolute atomic E-state index is 0.239. The highest BCUT2D eigenvalue weighted by atomic mass is 16.5. The van der Waals surface area contributed by atoms with E-state index in [1.54, 1.807) is 40.5 Å². The summed E-state index contributed by atoms with van der Waals surface area (Å²) in [6.07, 6.45) is 19.9. The molecule has 0 aromatic carbocycles. The normalized spacial score (nSPS) is 20.9. The Morgan fingerprint density at radius 2 is 1.46 bits per heavy atom. The average molecular weight is 513 g/mol. The molecule has 0 saturated heterocycles. The van der Waals surface area contributed by atoms with E-state index in [9.17, 15) is 5.11 Å². The number of aliphatic hydroxyl groups is 1. The standard InChI is InChI=1S/C35H60O2/c1-9-30-16-17-34(21-31(30)10-2)35-19-18-33(22-32(35)11-3)28(7)15-14-27(6)26(5)13-12-25(4)20-29(23-36)24-37-8/h21-22,25-29,36H,9-20,23-24H2,1-8H3. The number of ether oxygens (including phenoxy) is 1. The van der Waals surface area contributed by atoms with Crippen molar-refractivity contribution in [1.82, 2.24) is 0 Å². The first kappa shape index (κ1) is 32.1. The van der Waals surface area contributed by atoms with Gasteiger partial charge in [0.05, 0.1) is 6.61 Å². The number of rotatable bonds is 17. The van der Waals surface area contributed by atoms with Gasteiger partial charge in [-0.05, 0) is 110 Å². The van der Waals surface area contributed by atoms with Crippen molar-refractivity contribution in [1.29, 1.82) is 0 Å². The Morgan fingerprint density at radius 1 is 0.784 bits per heavy atom. The molecule has 1 N–H and O–H groups in total. The monoisotopic (exact) mass is 512 g/mol. The van der Waals surface area contributed by atoms with E-state index in [2.05, 4.69) is 60.6 Å². The van der Waals surface area contributed by atoms with Crippen LogP contribution in [0.25, 0.3) is 0 Å². The molecule has 0 saturated carbocycles. The lowest BCUT2D eigenvalue weighted by molar-refractivity contribution is 0.0944. The highest BCUT2D eigenvalue weighted by Crippen LogP contribution is 2.40. The molecule has 0 aromatic heterocycles. The SMILES string of the molecule is CCC1=C(CC)CCC(C2=C(CC)C=C(C(C)CCC(C)C(C)CCC(C)CC(CO)COC)CC2)=C1. The van der Waals surface area contributed by atoms with Gasteiger partial charge in [-0.25, -0.2) is 0 Å². The lowest BCUT2D eigenvalue weighted by atomic mass is 9.77.